The molecule has 4 aromatic rings. The van der Waals surface area contributed by atoms with Crippen molar-refractivity contribution in [1.82, 2.24) is 4.90 Å². The van der Waals surface area contributed by atoms with Crippen LogP contribution >= 0.6 is 11.6 Å². The summed E-state index contributed by atoms with van der Waals surface area (Å²) >= 11 is 5.98. The van der Waals surface area contributed by atoms with E-state index in [0.29, 0.717) is 24.4 Å². The van der Waals surface area contributed by atoms with E-state index in [1.54, 1.807) is 7.11 Å². The minimum Gasteiger partial charge on any atom is -0.497 e. The summed E-state index contributed by atoms with van der Waals surface area (Å²) in [7, 11) is 1.61. The van der Waals surface area contributed by atoms with Crippen LogP contribution in [0, 0.1) is 0 Å². The van der Waals surface area contributed by atoms with Gasteiger partial charge in [0.25, 0.3) is 0 Å². The number of rotatable bonds is 5. The van der Waals surface area contributed by atoms with Gasteiger partial charge in [-0.15, -0.1) is 0 Å². The topological polar surface area (TPSA) is 51.9 Å². The normalized spacial score (nSPS) is 13.6. The summed E-state index contributed by atoms with van der Waals surface area (Å²) in [5.41, 5.74) is 3.66. The first kappa shape index (κ1) is 20.6. The summed E-state index contributed by atoms with van der Waals surface area (Å²) < 4.78 is 17.0. The molecule has 1 aliphatic rings. The van der Waals surface area contributed by atoms with Crippen molar-refractivity contribution >= 4 is 22.6 Å². The Morgan fingerprint density at radius 1 is 1.03 bits per heavy atom. The first-order chi connectivity index (χ1) is 15.6. The fraction of sp³-hybridized carbons (Fsp3) is 0.192. The van der Waals surface area contributed by atoms with Crippen LogP contribution in [0.5, 0.6) is 11.5 Å². The number of methoxy groups -OCH3 is 1. The Labute approximate surface area is 190 Å². The summed E-state index contributed by atoms with van der Waals surface area (Å²) in [4.78, 5) is 15.0. The van der Waals surface area contributed by atoms with E-state index in [0.717, 1.165) is 46.0 Å². The average Bonchev–Trinajstić information content (AvgIpc) is 2.83. The molecule has 0 bridgehead atoms. The zero-order valence-corrected chi connectivity index (χ0v) is 18.4. The van der Waals surface area contributed by atoms with Crippen molar-refractivity contribution < 1.29 is 13.9 Å². The third-order valence-corrected chi connectivity index (χ3v) is 6.03. The van der Waals surface area contributed by atoms with E-state index in [1.165, 1.54) is 5.56 Å². The van der Waals surface area contributed by atoms with Gasteiger partial charge in [-0.2, -0.15) is 0 Å². The second-order valence-electron chi connectivity index (χ2n) is 7.84. The van der Waals surface area contributed by atoms with Gasteiger partial charge in [0.1, 0.15) is 23.8 Å². The van der Waals surface area contributed by atoms with Gasteiger partial charge in [0.2, 0.25) is 0 Å². The number of fused-ring (bicyclic) bond motifs is 3. The molecular formula is C26H22ClNO4. The largest absolute Gasteiger partial charge is 0.497 e. The van der Waals surface area contributed by atoms with E-state index in [-0.39, 0.29) is 5.63 Å². The predicted octanol–water partition coefficient (Wildman–Crippen LogP) is 5.52. The second-order valence-corrected chi connectivity index (χ2v) is 8.28. The molecule has 0 saturated carbocycles. The Hall–Kier alpha value is -3.28. The highest BCUT2D eigenvalue weighted by atomic mass is 35.5. The second kappa shape index (κ2) is 8.69. The van der Waals surface area contributed by atoms with Gasteiger partial charge in [-0.3, -0.25) is 4.90 Å². The van der Waals surface area contributed by atoms with Gasteiger partial charge < -0.3 is 13.9 Å². The molecule has 1 aliphatic heterocycles. The highest BCUT2D eigenvalue weighted by Gasteiger charge is 2.22. The molecule has 0 atom stereocenters. The maximum atomic E-state index is 12.8. The lowest BCUT2D eigenvalue weighted by Gasteiger charge is -2.29. The number of hydrogen-bond acceptors (Lipinski definition) is 5. The Kier molecular flexibility index (Phi) is 5.60. The van der Waals surface area contributed by atoms with Gasteiger partial charge in [-0.25, -0.2) is 4.79 Å². The van der Waals surface area contributed by atoms with Gasteiger partial charge in [0.05, 0.1) is 18.2 Å². The summed E-state index contributed by atoms with van der Waals surface area (Å²) in [6.07, 6.45) is 0.881. The smallest absolute Gasteiger partial charge is 0.344 e. The Morgan fingerprint density at radius 2 is 1.81 bits per heavy atom. The maximum Gasteiger partial charge on any atom is 0.344 e. The van der Waals surface area contributed by atoms with Gasteiger partial charge in [0, 0.05) is 23.5 Å². The van der Waals surface area contributed by atoms with E-state index >= 15 is 0 Å². The molecule has 0 aliphatic carbocycles. The van der Waals surface area contributed by atoms with Crippen molar-refractivity contribution in [2.45, 2.75) is 13.0 Å². The van der Waals surface area contributed by atoms with E-state index in [9.17, 15) is 4.79 Å². The molecule has 2 heterocycles. The Balaban J connectivity index is 1.42. The fourth-order valence-corrected chi connectivity index (χ4v) is 4.12. The molecule has 3 aromatic carbocycles. The van der Waals surface area contributed by atoms with Gasteiger partial charge in [0.15, 0.2) is 0 Å². The standard InChI is InChI=1S/C26H22ClNO4/c1-30-21-9-4-18(5-10-21)22-14-19-6-11-24-23(25(19)32-26(22)29)15-28(16-31-24)13-12-17-2-7-20(27)8-3-17/h2-11,14H,12-13,15-16H2,1H3. The maximum absolute atomic E-state index is 12.8. The van der Waals surface area contributed by atoms with Gasteiger partial charge >= 0.3 is 5.63 Å². The Bertz CT molecular complexity index is 1310. The fourth-order valence-electron chi connectivity index (χ4n) is 3.99. The number of hydrogen-bond donors (Lipinski definition) is 0. The van der Waals surface area contributed by atoms with Gasteiger partial charge in [-0.1, -0.05) is 35.9 Å². The molecule has 5 rings (SSSR count). The molecule has 0 N–H and O–H groups in total. The average molecular weight is 448 g/mol. The van der Waals surface area contributed by atoms with E-state index < -0.39 is 0 Å². The molecular weight excluding hydrogens is 426 g/mol. The molecule has 0 amide bonds. The van der Waals surface area contributed by atoms with Crippen molar-refractivity contribution in [3.05, 3.63) is 93.3 Å². The molecule has 0 saturated heterocycles. The SMILES string of the molecule is COc1ccc(-c2cc3ccc4c(c3oc2=O)CN(CCc2ccc(Cl)cc2)CO4)cc1. The number of halogens is 1. The third kappa shape index (κ3) is 4.09. The van der Waals surface area contributed by atoms with Crippen LogP contribution < -0.4 is 15.1 Å². The van der Waals surface area contributed by atoms with Crippen molar-refractivity contribution in [2.24, 2.45) is 0 Å². The quantitative estimate of drug-likeness (QED) is 0.377. The summed E-state index contributed by atoms with van der Waals surface area (Å²) in [6.45, 7) is 1.98. The lowest BCUT2D eigenvalue weighted by atomic mass is 10.0. The van der Waals surface area contributed by atoms with E-state index in [4.69, 9.17) is 25.5 Å². The first-order valence-electron chi connectivity index (χ1n) is 10.4. The van der Waals surface area contributed by atoms with Crippen LogP contribution in [0.1, 0.15) is 11.1 Å². The van der Waals surface area contributed by atoms with Gasteiger partial charge in [-0.05, 0) is 60.0 Å². The van der Waals surface area contributed by atoms with Crippen LogP contribution in [0.2, 0.25) is 5.02 Å². The van der Waals surface area contributed by atoms with E-state index in [2.05, 4.69) is 4.90 Å². The predicted molar refractivity (Wildman–Crippen MR) is 126 cm³/mol. The highest BCUT2D eigenvalue weighted by Crippen LogP contribution is 2.33. The van der Waals surface area contributed by atoms with Crippen LogP contribution in [0.4, 0.5) is 0 Å². The molecule has 0 spiro atoms. The van der Waals surface area contributed by atoms with E-state index in [1.807, 2.05) is 66.7 Å². The molecule has 0 radical (unpaired) electrons. The summed E-state index contributed by atoms with van der Waals surface area (Å²) in [5, 5.41) is 1.61. The molecule has 162 valence electrons. The molecule has 1 aromatic heterocycles. The van der Waals surface area contributed by atoms with Crippen LogP contribution in [-0.2, 0) is 13.0 Å². The lowest BCUT2D eigenvalue weighted by molar-refractivity contribution is 0.0968. The molecule has 0 fully saturated rings. The molecule has 0 unspecified atom stereocenters. The van der Waals surface area contributed by atoms with Crippen molar-refractivity contribution in [3.8, 4) is 22.6 Å². The minimum atomic E-state index is -0.366. The van der Waals surface area contributed by atoms with Crippen LogP contribution in [0.25, 0.3) is 22.1 Å². The first-order valence-corrected chi connectivity index (χ1v) is 10.8. The van der Waals surface area contributed by atoms with Crippen LogP contribution in [0.15, 0.2) is 75.9 Å². The molecule has 6 heteroatoms. The van der Waals surface area contributed by atoms with Crippen LogP contribution in [-0.4, -0.2) is 25.3 Å². The number of benzene rings is 3. The summed E-state index contributed by atoms with van der Waals surface area (Å²) in [6, 6.07) is 21.0. The minimum absolute atomic E-state index is 0.366. The highest BCUT2D eigenvalue weighted by molar-refractivity contribution is 6.30. The van der Waals surface area contributed by atoms with Crippen molar-refractivity contribution in [3.63, 3.8) is 0 Å². The monoisotopic (exact) mass is 447 g/mol. The number of ether oxygens (including phenoxy) is 2. The molecule has 5 nitrogen and oxygen atoms in total. The van der Waals surface area contributed by atoms with Crippen molar-refractivity contribution in [2.75, 3.05) is 20.4 Å². The lowest BCUT2D eigenvalue weighted by Crippen LogP contribution is -2.33. The Morgan fingerprint density at radius 3 is 2.56 bits per heavy atom. The summed E-state index contributed by atoms with van der Waals surface area (Å²) in [5.74, 6) is 1.50. The molecule has 32 heavy (non-hydrogen) atoms. The van der Waals surface area contributed by atoms with Crippen LogP contribution in [0.3, 0.4) is 0 Å². The zero-order valence-electron chi connectivity index (χ0n) is 17.6. The zero-order chi connectivity index (χ0) is 22.1. The van der Waals surface area contributed by atoms with Crippen molar-refractivity contribution in [1.29, 1.82) is 0 Å². The third-order valence-electron chi connectivity index (χ3n) is 5.78. The number of nitrogens with zero attached hydrogens (tertiary/aromatic N) is 1.